The molecule has 1 aliphatic carbocycles. The second-order valence-corrected chi connectivity index (χ2v) is 10.1. The van der Waals surface area contributed by atoms with Gasteiger partial charge in [0.25, 0.3) is 5.91 Å². The molecule has 0 aliphatic heterocycles. The van der Waals surface area contributed by atoms with Crippen molar-refractivity contribution in [2.45, 2.75) is 26.3 Å². The standard InChI is InChI=1S/C28H24N4O2S/c1-16-3-2-4-17(11-16)14-30-27(34)22-15-29-23-9-7-19(12-21(22)23)20-8-10-24-25(13-20)35-28(31-24)32-26(33)18-5-6-18/h2-4,7-13,15,18,29H,5-6,14H2,1H3,(H,30,34)(H,31,32,33). The van der Waals surface area contributed by atoms with Crippen LogP contribution in [0.5, 0.6) is 0 Å². The van der Waals surface area contributed by atoms with Crippen LogP contribution in [0.25, 0.3) is 32.2 Å². The predicted molar refractivity (Wildman–Crippen MR) is 141 cm³/mol. The molecule has 0 unspecified atom stereocenters. The Morgan fingerprint density at radius 3 is 2.71 bits per heavy atom. The second kappa shape index (κ2) is 8.67. The van der Waals surface area contributed by atoms with E-state index < -0.39 is 0 Å². The molecule has 0 radical (unpaired) electrons. The molecule has 6 nitrogen and oxygen atoms in total. The van der Waals surface area contributed by atoms with E-state index in [0.29, 0.717) is 17.2 Å². The Morgan fingerprint density at radius 2 is 1.89 bits per heavy atom. The molecule has 2 heterocycles. The largest absolute Gasteiger partial charge is 0.360 e. The summed E-state index contributed by atoms with van der Waals surface area (Å²) in [5, 5.41) is 7.50. The number of hydrogen-bond donors (Lipinski definition) is 3. The van der Waals surface area contributed by atoms with E-state index in [2.05, 4.69) is 32.7 Å². The molecule has 3 aromatic carbocycles. The zero-order valence-electron chi connectivity index (χ0n) is 19.2. The zero-order valence-corrected chi connectivity index (χ0v) is 20.0. The van der Waals surface area contributed by atoms with Crippen LogP contribution >= 0.6 is 11.3 Å². The van der Waals surface area contributed by atoms with Crippen LogP contribution in [0.15, 0.2) is 66.9 Å². The lowest BCUT2D eigenvalue weighted by Crippen LogP contribution is -2.22. The average Bonchev–Trinajstić information content (AvgIpc) is 3.51. The fourth-order valence-corrected chi connectivity index (χ4v) is 5.21. The maximum atomic E-state index is 13.0. The summed E-state index contributed by atoms with van der Waals surface area (Å²) in [6.45, 7) is 2.52. The molecule has 6 rings (SSSR count). The van der Waals surface area contributed by atoms with E-state index in [0.717, 1.165) is 50.7 Å². The van der Waals surface area contributed by atoms with Crippen molar-refractivity contribution in [3.63, 3.8) is 0 Å². The molecule has 0 bridgehead atoms. The molecule has 174 valence electrons. The third kappa shape index (κ3) is 4.42. The third-order valence-corrected chi connectivity index (χ3v) is 7.30. The molecule has 5 aromatic rings. The van der Waals surface area contributed by atoms with Crippen molar-refractivity contribution in [2.24, 2.45) is 5.92 Å². The number of amides is 2. The first-order valence-corrected chi connectivity index (χ1v) is 12.5. The van der Waals surface area contributed by atoms with E-state index in [1.54, 1.807) is 6.20 Å². The molecular weight excluding hydrogens is 456 g/mol. The molecule has 7 heteroatoms. The number of thiazole rings is 1. The van der Waals surface area contributed by atoms with Gasteiger partial charge in [0, 0.05) is 29.6 Å². The molecule has 1 fully saturated rings. The SMILES string of the molecule is Cc1cccc(CNC(=O)c2c[nH]c3ccc(-c4ccc5nc(NC(=O)C6CC6)sc5c4)cc23)c1. The summed E-state index contributed by atoms with van der Waals surface area (Å²) in [6, 6.07) is 20.3. The molecule has 0 saturated heterocycles. The molecule has 1 saturated carbocycles. The van der Waals surface area contributed by atoms with Gasteiger partial charge in [-0.05, 0) is 60.7 Å². The Labute approximate surface area is 206 Å². The van der Waals surface area contributed by atoms with Gasteiger partial charge < -0.3 is 15.6 Å². The summed E-state index contributed by atoms with van der Waals surface area (Å²) in [4.78, 5) is 32.8. The number of carbonyl (C=O) groups is 2. The Bertz CT molecular complexity index is 1600. The fraction of sp³-hybridized carbons (Fsp3) is 0.179. The number of nitrogens with zero attached hydrogens (tertiary/aromatic N) is 1. The van der Waals surface area contributed by atoms with Crippen LogP contribution in [0.1, 0.15) is 34.3 Å². The normalized spacial score (nSPS) is 13.3. The lowest BCUT2D eigenvalue weighted by atomic mass is 10.0. The first kappa shape index (κ1) is 21.6. The van der Waals surface area contributed by atoms with E-state index in [1.165, 1.54) is 16.9 Å². The number of H-pyrrole nitrogens is 1. The Hall–Kier alpha value is -3.97. The van der Waals surface area contributed by atoms with E-state index in [4.69, 9.17) is 0 Å². The minimum absolute atomic E-state index is 0.0652. The lowest BCUT2D eigenvalue weighted by Gasteiger charge is -2.07. The van der Waals surface area contributed by atoms with Crippen molar-refractivity contribution < 1.29 is 9.59 Å². The minimum atomic E-state index is -0.108. The number of benzene rings is 3. The average molecular weight is 481 g/mol. The van der Waals surface area contributed by atoms with E-state index >= 15 is 0 Å². The highest BCUT2D eigenvalue weighted by molar-refractivity contribution is 7.22. The monoisotopic (exact) mass is 480 g/mol. The summed E-state index contributed by atoms with van der Waals surface area (Å²) < 4.78 is 1.01. The van der Waals surface area contributed by atoms with Gasteiger partial charge in [0.2, 0.25) is 5.91 Å². The van der Waals surface area contributed by atoms with Crippen LogP contribution in [0.2, 0.25) is 0 Å². The number of anilines is 1. The van der Waals surface area contributed by atoms with Crippen LogP contribution in [-0.2, 0) is 11.3 Å². The molecule has 2 amide bonds. The molecule has 2 aromatic heterocycles. The zero-order chi connectivity index (χ0) is 23.9. The number of aryl methyl sites for hydroxylation is 1. The van der Waals surface area contributed by atoms with Crippen molar-refractivity contribution in [1.29, 1.82) is 0 Å². The smallest absolute Gasteiger partial charge is 0.253 e. The quantitative estimate of drug-likeness (QED) is 0.277. The van der Waals surface area contributed by atoms with E-state index in [-0.39, 0.29) is 17.7 Å². The number of hydrogen-bond acceptors (Lipinski definition) is 4. The Morgan fingerprint density at radius 1 is 1.06 bits per heavy atom. The van der Waals surface area contributed by atoms with Crippen molar-refractivity contribution in [2.75, 3.05) is 5.32 Å². The number of carbonyl (C=O) groups excluding carboxylic acids is 2. The van der Waals surface area contributed by atoms with Gasteiger partial charge in [-0.15, -0.1) is 0 Å². The van der Waals surface area contributed by atoms with Gasteiger partial charge >= 0.3 is 0 Å². The Balaban J connectivity index is 1.25. The van der Waals surface area contributed by atoms with Crippen LogP contribution < -0.4 is 10.6 Å². The maximum Gasteiger partial charge on any atom is 0.253 e. The van der Waals surface area contributed by atoms with Gasteiger partial charge in [-0.1, -0.05) is 53.3 Å². The van der Waals surface area contributed by atoms with Crippen LogP contribution in [-0.4, -0.2) is 21.8 Å². The van der Waals surface area contributed by atoms with Crippen LogP contribution in [0, 0.1) is 12.8 Å². The number of fused-ring (bicyclic) bond motifs is 2. The Kier molecular flexibility index (Phi) is 5.34. The van der Waals surface area contributed by atoms with Gasteiger partial charge in [-0.3, -0.25) is 9.59 Å². The third-order valence-electron chi connectivity index (χ3n) is 6.36. The van der Waals surface area contributed by atoms with Gasteiger partial charge in [0.15, 0.2) is 5.13 Å². The minimum Gasteiger partial charge on any atom is -0.360 e. The lowest BCUT2D eigenvalue weighted by molar-refractivity contribution is -0.117. The maximum absolute atomic E-state index is 13.0. The van der Waals surface area contributed by atoms with Crippen molar-refractivity contribution in [3.05, 3.63) is 83.6 Å². The summed E-state index contributed by atoms with van der Waals surface area (Å²) in [7, 11) is 0. The van der Waals surface area contributed by atoms with Crippen molar-refractivity contribution in [3.8, 4) is 11.1 Å². The molecule has 0 atom stereocenters. The highest BCUT2D eigenvalue weighted by Crippen LogP contribution is 2.34. The van der Waals surface area contributed by atoms with Crippen LogP contribution in [0.3, 0.4) is 0 Å². The predicted octanol–water partition coefficient (Wildman–Crippen LogP) is 6.03. The van der Waals surface area contributed by atoms with Gasteiger partial charge in [-0.25, -0.2) is 4.98 Å². The van der Waals surface area contributed by atoms with Crippen molar-refractivity contribution in [1.82, 2.24) is 15.3 Å². The summed E-state index contributed by atoms with van der Waals surface area (Å²) in [5.41, 5.74) is 6.70. The first-order chi connectivity index (χ1) is 17.0. The highest BCUT2D eigenvalue weighted by atomic mass is 32.1. The summed E-state index contributed by atoms with van der Waals surface area (Å²) in [5.74, 6) is 0.105. The van der Waals surface area contributed by atoms with E-state index in [9.17, 15) is 9.59 Å². The van der Waals surface area contributed by atoms with Gasteiger partial charge in [0.05, 0.1) is 15.8 Å². The fourth-order valence-electron chi connectivity index (χ4n) is 4.30. The number of aromatic amines is 1. The molecule has 1 aliphatic rings. The second-order valence-electron chi connectivity index (χ2n) is 9.10. The number of rotatable bonds is 6. The highest BCUT2D eigenvalue weighted by Gasteiger charge is 2.30. The molecular formula is C28H24N4O2S. The molecule has 35 heavy (non-hydrogen) atoms. The topological polar surface area (TPSA) is 86.9 Å². The van der Waals surface area contributed by atoms with E-state index in [1.807, 2.05) is 55.5 Å². The van der Waals surface area contributed by atoms with Crippen LogP contribution in [0.4, 0.5) is 5.13 Å². The number of aromatic nitrogens is 2. The van der Waals surface area contributed by atoms with Gasteiger partial charge in [-0.2, -0.15) is 0 Å². The number of nitrogens with one attached hydrogen (secondary N) is 3. The molecule has 3 N–H and O–H groups in total. The van der Waals surface area contributed by atoms with Crippen molar-refractivity contribution >= 4 is 49.4 Å². The summed E-state index contributed by atoms with van der Waals surface area (Å²) in [6.07, 6.45) is 3.70. The summed E-state index contributed by atoms with van der Waals surface area (Å²) >= 11 is 1.49. The van der Waals surface area contributed by atoms with Gasteiger partial charge in [0.1, 0.15) is 0 Å². The molecule has 0 spiro atoms. The first-order valence-electron chi connectivity index (χ1n) is 11.7.